The van der Waals surface area contributed by atoms with Crippen LogP contribution in [0, 0.1) is 6.92 Å². The van der Waals surface area contributed by atoms with Gasteiger partial charge in [0.2, 0.25) is 0 Å². The quantitative estimate of drug-likeness (QED) is 0.706. The molecule has 0 saturated heterocycles. The van der Waals surface area contributed by atoms with Crippen molar-refractivity contribution >= 4 is 38.9 Å². The van der Waals surface area contributed by atoms with Crippen LogP contribution in [0.3, 0.4) is 0 Å². The predicted molar refractivity (Wildman–Crippen MR) is 77.4 cm³/mol. The lowest BCUT2D eigenvalue weighted by Gasteiger charge is -2.14. The highest BCUT2D eigenvalue weighted by atomic mass is 79.9. The Labute approximate surface area is 119 Å². The van der Waals surface area contributed by atoms with Gasteiger partial charge in [0.1, 0.15) is 5.75 Å². The summed E-state index contributed by atoms with van der Waals surface area (Å²) >= 11 is 11.7. The Bertz CT molecular complexity index is 510. The van der Waals surface area contributed by atoms with Gasteiger partial charge in [-0.3, -0.25) is 0 Å². The van der Waals surface area contributed by atoms with E-state index in [1.807, 2.05) is 36.6 Å². The van der Waals surface area contributed by atoms with Gasteiger partial charge < -0.3 is 4.74 Å². The molecule has 0 amide bonds. The largest absolute Gasteiger partial charge is 0.496 e. The van der Waals surface area contributed by atoms with Crippen LogP contribution in [-0.4, -0.2) is 7.11 Å². The first-order valence-corrected chi connectivity index (χ1v) is 7.26. The van der Waals surface area contributed by atoms with Gasteiger partial charge in [-0.2, -0.15) is 0 Å². The molecule has 0 aliphatic heterocycles. The molecular formula is C13H12BrClOS. The summed E-state index contributed by atoms with van der Waals surface area (Å²) in [7, 11) is 1.67. The Kier molecular flexibility index (Phi) is 4.13. The minimum Gasteiger partial charge on any atom is -0.496 e. The van der Waals surface area contributed by atoms with Gasteiger partial charge in [-0.25, -0.2) is 0 Å². The molecule has 4 heteroatoms. The van der Waals surface area contributed by atoms with Crippen LogP contribution in [0.1, 0.15) is 21.4 Å². The molecule has 0 saturated carbocycles. The molecule has 90 valence electrons. The molecule has 1 aromatic heterocycles. The topological polar surface area (TPSA) is 9.23 Å². The highest BCUT2D eigenvalue weighted by Gasteiger charge is 2.17. The molecule has 0 N–H and O–H groups in total. The smallest absolute Gasteiger partial charge is 0.124 e. The third-order valence-corrected chi connectivity index (χ3v) is 4.97. The molecular weight excluding hydrogens is 320 g/mol. The van der Waals surface area contributed by atoms with Gasteiger partial charge in [-0.15, -0.1) is 22.9 Å². The third kappa shape index (κ3) is 2.67. The van der Waals surface area contributed by atoms with Crippen molar-refractivity contribution in [3.8, 4) is 5.75 Å². The summed E-state index contributed by atoms with van der Waals surface area (Å²) in [5.41, 5.74) is 2.13. The summed E-state index contributed by atoms with van der Waals surface area (Å²) in [6, 6.07) is 8.08. The zero-order valence-electron chi connectivity index (χ0n) is 9.54. The summed E-state index contributed by atoms with van der Waals surface area (Å²) in [6.45, 7) is 2.03. The van der Waals surface area contributed by atoms with E-state index in [0.717, 1.165) is 26.2 Å². The van der Waals surface area contributed by atoms with Crippen molar-refractivity contribution in [2.24, 2.45) is 0 Å². The highest BCUT2D eigenvalue weighted by Crippen LogP contribution is 2.39. The van der Waals surface area contributed by atoms with Crippen molar-refractivity contribution in [1.29, 1.82) is 0 Å². The van der Waals surface area contributed by atoms with Crippen molar-refractivity contribution in [2.75, 3.05) is 7.11 Å². The highest BCUT2D eigenvalue weighted by molar-refractivity contribution is 9.10. The molecule has 0 spiro atoms. The van der Waals surface area contributed by atoms with Crippen LogP contribution in [0.15, 0.2) is 34.1 Å². The van der Waals surface area contributed by atoms with Gasteiger partial charge in [0, 0.05) is 14.9 Å². The fraction of sp³-hybridized carbons (Fsp3) is 0.231. The van der Waals surface area contributed by atoms with Crippen LogP contribution in [0.5, 0.6) is 5.75 Å². The first-order chi connectivity index (χ1) is 8.13. The molecule has 2 aromatic rings. The molecule has 0 fully saturated rings. The van der Waals surface area contributed by atoms with E-state index in [1.54, 1.807) is 18.4 Å². The number of hydrogen-bond acceptors (Lipinski definition) is 2. The Morgan fingerprint density at radius 3 is 2.76 bits per heavy atom. The minimum absolute atomic E-state index is 0.165. The maximum atomic E-state index is 6.49. The second-order valence-corrected chi connectivity index (χ2v) is 5.99. The average Bonchev–Trinajstić information content (AvgIpc) is 2.84. The van der Waals surface area contributed by atoms with Gasteiger partial charge in [-0.05, 0) is 36.1 Å². The first-order valence-electron chi connectivity index (χ1n) is 5.15. The van der Waals surface area contributed by atoms with Crippen LogP contribution in [0.2, 0.25) is 0 Å². The third-order valence-electron chi connectivity index (χ3n) is 2.58. The Morgan fingerprint density at radius 1 is 1.41 bits per heavy atom. The van der Waals surface area contributed by atoms with Gasteiger partial charge in [0.15, 0.2) is 0 Å². The normalized spacial score (nSPS) is 12.5. The molecule has 0 bridgehead atoms. The van der Waals surface area contributed by atoms with E-state index in [9.17, 15) is 0 Å². The van der Waals surface area contributed by atoms with E-state index in [1.165, 1.54) is 0 Å². The number of benzene rings is 1. The summed E-state index contributed by atoms with van der Waals surface area (Å²) < 4.78 is 6.45. The Balaban J connectivity index is 2.47. The van der Waals surface area contributed by atoms with E-state index < -0.39 is 0 Å². The van der Waals surface area contributed by atoms with E-state index in [4.69, 9.17) is 16.3 Å². The fourth-order valence-electron chi connectivity index (χ4n) is 1.63. The number of hydrogen-bond donors (Lipinski definition) is 0. The van der Waals surface area contributed by atoms with Gasteiger partial charge in [0.05, 0.1) is 12.5 Å². The molecule has 17 heavy (non-hydrogen) atoms. The number of alkyl halides is 1. The van der Waals surface area contributed by atoms with Crippen LogP contribution in [0.4, 0.5) is 0 Å². The van der Waals surface area contributed by atoms with E-state index in [2.05, 4.69) is 15.9 Å². The molecule has 1 aromatic carbocycles. The summed E-state index contributed by atoms with van der Waals surface area (Å²) in [4.78, 5) is 1.13. The van der Waals surface area contributed by atoms with Gasteiger partial charge >= 0.3 is 0 Å². The SMILES string of the molecule is COc1cc(C)c(Br)cc1C(Cl)c1cccs1. The van der Waals surface area contributed by atoms with E-state index in [0.29, 0.717) is 0 Å². The lowest BCUT2D eigenvalue weighted by atomic mass is 10.1. The summed E-state index contributed by atoms with van der Waals surface area (Å²) in [6.07, 6.45) is 0. The molecule has 1 unspecified atom stereocenters. The number of halogens is 2. The van der Waals surface area contributed by atoms with Crippen molar-refractivity contribution in [3.05, 3.63) is 50.1 Å². The molecule has 1 nitrogen and oxygen atoms in total. The Morgan fingerprint density at radius 2 is 2.18 bits per heavy atom. The predicted octanol–water partition coefficient (Wildman–Crippen LogP) is 5.16. The number of ether oxygens (including phenoxy) is 1. The molecule has 0 aliphatic carbocycles. The zero-order valence-corrected chi connectivity index (χ0v) is 12.7. The van der Waals surface area contributed by atoms with Crippen LogP contribution < -0.4 is 4.74 Å². The van der Waals surface area contributed by atoms with E-state index >= 15 is 0 Å². The maximum Gasteiger partial charge on any atom is 0.124 e. The lowest BCUT2D eigenvalue weighted by Crippen LogP contribution is -1.97. The monoisotopic (exact) mass is 330 g/mol. The minimum atomic E-state index is -0.165. The standard InChI is InChI=1S/C13H12BrClOS/c1-8-6-11(16-2)9(7-10(8)14)13(15)12-4-3-5-17-12/h3-7,13H,1-2H3. The molecule has 1 heterocycles. The first kappa shape index (κ1) is 12.9. The Hall–Kier alpha value is -0.510. The van der Waals surface area contributed by atoms with Crippen LogP contribution >= 0.6 is 38.9 Å². The lowest BCUT2D eigenvalue weighted by molar-refractivity contribution is 0.410. The maximum absolute atomic E-state index is 6.49. The summed E-state index contributed by atoms with van der Waals surface area (Å²) in [5, 5.41) is 1.86. The van der Waals surface area contributed by atoms with Crippen LogP contribution in [0.25, 0.3) is 0 Å². The fourth-order valence-corrected chi connectivity index (χ4v) is 3.11. The van der Waals surface area contributed by atoms with Gasteiger partial charge in [0.25, 0.3) is 0 Å². The second kappa shape index (κ2) is 5.42. The average molecular weight is 332 g/mol. The van der Waals surface area contributed by atoms with Gasteiger partial charge in [-0.1, -0.05) is 22.0 Å². The van der Waals surface area contributed by atoms with Crippen molar-refractivity contribution < 1.29 is 4.74 Å². The number of thiophene rings is 1. The van der Waals surface area contributed by atoms with Crippen LogP contribution in [-0.2, 0) is 0 Å². The zero-order chi connectivity index (χ0) is 12.4. The van der Waals surface area contributed by atoms with E-state index in [-0.39, 0.29) is 5.38 Å². The number of aryl methyl sites for hydroxylation is 1. The number of rotatable bonds is 3. The molecule has 2 rings (SSSR count). The van der Waals surface area contributed by atoms with Crippen molar-refractivity contribution in [2.45, 2.75) is 12.3 Å². The molecule has 1 atom stereocenters. The summed E-state index contributed by atoms with van der Waals surface area (Å²) in [5.74, 6) is 0.832. The molecule has 0 aliphatic rings. The second-order valence-electron chi connectivity index (χ2n) is 3.72. The molecule has 0 radical (unpaired) electrons. The van der Waals surface area contributed by atoms with Crippen molar-refractivity contribution in [3.63, 3.8) is 0 Å². The number of methoxy groups -OCH3 is 1. The van der Waals surface area contributed by atoms with Crippen molar-refractivity contribution in [1.82, 2.24) is 0 Å².